The third kappa shape index (κ3) is 1.92. The molecule has 3 rings (SSSR count). The van der Waals surface area contributed by atoms with Crippen molar-refractivity contribution in [3.63, 3.8) is 0 Å². The van der Waals surface area contributed by atoms with Gasteiger partial charge < -0.3 is 14.4 Å². The van der Waals surface area contributed by atoms with E-state index in [0.717, 1.165) is 5.69 Å². The molecule has 1 aromatic carbocycles. The lowest BCUT2D eigenvalue weighted by molar-refractivity contribution is -0.128. The Morgan fingerprint density at radius 3 is 2.61 bits per heavy atom. The number of Topliss-reactive ketones (excluding diaryl/α,β-unsaturated/α-hetero) is 1. The molecule has 1 fully saturated rings. The molecule has 0 aliphatic carbocycles. The Labute approximate surface area is 104 Å². The summed E-state index contributed by atoms with van der Waals surface area (Å²) < 4.78 is 10.9. The Balaban J connectivity index is 1.88. The molecule has 0 atom stereocenters. The number of rotatable bonds is 1. The molecular formula is C13H13NO4. The van der Waals surface area contributed by atoms with Crippen molar-refractivity contribution in [2.75, 3.05) is 24.7 Å². The first-order valence-electron chi connectivity index (χ1n) is 5.96. The fraction of sp³-hybridized carbons (Fsp3) is 0.385. The van der Waals surface area contributed by atoms with Crippen LogP contribution >= 0.6 is 0 Å². The number of carbonyl (C=O) groups excluding carboxylic acids is 2. The van der Waals surface area contributed by atoms with Gasteiger partial charge in [0.15, 0.2) is 11.5 Å². The number of piperidine rings is 1. The molecule has 5 nitrogen and oxygen atoms in total. The zero-order valence-electron chi connectivity index (χ0n) is 9.85. The molecule has 0 bridgehead atoms. The summed E-state index contributed by atoms with van der Waals surface area (Å²) in [6, 6.07) is 5.41. The van der Waals surface area contributed by atoms with Crippen LogP contribution < -0.4 is 14.4 Å². The third-order valence-electron chi connectivity index (χ3n) is 3.10. The van der Waals surface area contributed by atoms with Crippen molar-refractivity contribution in [3.8, 4) is 11.5 Å². The molecular weight excluding hydrogens is 234 g/mol. The maximum absolute atomic E-state index is 11.8. The third-order valence-corrected chi connectivity index (χ3v) is 3.10. The van der Waals surface area contributed by atoms with Crippen LogP contribution in [0.2, 0.25) is 0 Å². The van der Waals surface area contributed by atoms with Crippen LogP contribution in [-0.4, -0.2) is 31.4 Å². The number of fused-ring (bicyclic) bond motifs is 1. The van der Waals surface area contributed by atoms with Crippen LogP contribution in [0.1, 0.15) is 12.8 Å². The molecule has 0 unspecified atom stereocenters. The number of nitrogens with zero attached hydrogens (tertiary/aromatic N) is 1. The summed E-state index contributed by atoms with van der Waals surface area (Å²) in [6.45, 7) is 1.50. The molecule has 0 radical (unpaired) electrons. The predicted molar refractivity (Wildman–Crippen MR) is 64.0 cm³/mol. The molecule has 5 heteroatoms. The Morgan fingerprint density at radius 1 is 1.06 bits per heavy atom. The summed E-state index contributed by atoms with van der Waals surface area (Å²) in [5.41, 5.74) is 0.761. The Kier molecular flexibility index (Phi) is 2.66. The van der Waals surface area contributed by atoms with Gasteiger partial charge in [0.2, 0.25) is 5.91 Å². The van der Waals surface area contributed by atoms with E-state index in [2.05, 4.69) is 0 Å². The molecule has 1 saturated heterocycles. The van der Waals surface area contributed by atoms with Crippen LogP contribution in [0.3, 0.4) is 0 Å². The van der Waals surface area contributed by atoms with Gasteiger partial charge in [-0.2, -0.15) is 0 Å². The van der Waals surface area contributed by atoms with Crippen molar-refractivity contribution in [1.29, 1.82) is 0 Å². The lowest BCUT2D eigenvalue weighted by Crippen LogP contribution is -2.39. The van der Waals surface area contributed by atoms with Gasteiger partial charge in [-0.3, -0.25) is 9.59 Å². The molecule has 0 saturated carbocycles. The van der Waals surface area contributed by atoms with Crippen LogP contribution in [-0.2, 0) is 9.59 Å². The zero-order valence-corrected chi connectivity index (χ0v) is 9.85. The molecule has 18 heavy (non-hydrogen) atoms. The first kappa shape index (κ1) is 11.1. The van der Waals surface area contributed by atoms with Crippen molar-refractivity contribution < 1.29 is 19.1 Å². The number of anilines is 1. The van der Waals surface area contributed by atoms with Crippen molar-refractivity contribution in [3.05, 3.63) is 18.2 Å². The summed E-state index contributed by atoms with van der Waals surface area (Å²) in [5.74, 6) is 1.21. The number of ether oxygens (including phenoxy) is 2. The van der Waals surface area contributed by atoms with E-state index in [1.165, 1.54) is 0 Å². The summed E-state index contributed by atoms with van der Waals surface area (Å²) in [4.78, 5) is 24.6. The lowest BCUT2D eigenvalue weighted by Gasteiger charge is -2.27. The molecule has 2 aliphatic rings. The Hall–Kier alpha value is -2.04. The number of carbonyl (C=O) groups is 2. The van der Waals surface area contributed by atoms with Gasteiger partial charge in [-0.1, -0.05) is 0 Å². The van der Waals surface area contributed by atoms with E-state index in [1.54, 1.807) is 17.0 Å². The van der Waals surface area contributed by atoms with E-state index in [-0.39, 0.29) is 18.1 Å². The molecule has 94 valence electrons. The summed E-state index contributed by atoms with van der Waals surface area (Å²) >= 11 is 0. The van der Waals surface area contributed by atoms with Crippen molar-refractivity contribution in [2.45, 2.75) is 12.8 Å². The molecule has 0 spiro atoms. The van der Waals surface area contributed by atoms with E-state index in [4.69, 9.17) is 9.47 Å². The minimum absolute atomic E-state index is 0.00551. The first-order chi connectivity index (χ1) is 8.74. The van der Waals surface area contributed by atoms with Crippen molar-refractivity contribution in [2.24, 2.45) is 0 Å². The van der Waals surface area contributed by atoms with Crippen molar-refractivity contribution in [1.82, 2.24) is 0 Å². The molecule has 0 aromatic heterocycles. The number of amides is 1. The van der Waals surface area contributed by atoms with E-state index in [0.29, 0.717) is 37.7 Å². The average Bonchev–Trinajstić information content (AvgIpc) is 2.38. The SMILES string of the molecule is O=C1CCN(c2ccc3c(c2)OCCO3)C(=O)C1. The second kappa shape index (κ2) is 4.33. The van der Waals surface area contributed by atoms with Gasteiger partial charge in [0.25, 0.3) is 0 Å². The highest BCUT2D eigenvalue weighted by Gasteiger charge is 2.26. The van der Waals surface area contributed by atoms with E-state index >= 15 is 0 Å². The first-order valence-corrected chi connectivity index (χ1v) is 5.96. The van der Waals surface area contributed by atoms with Gasteiger partial charge in [0, 0.05) is 24.7 Å². The van der Waals surface area contributed by atoms with Crippen LogP contribution in [0.25, 0.3) is 0 Å². The standard InChI is InChI=1S/C13H13NO4/c15-10-3-4-14(13(16)8-10)9-1-2-11-12(7-9)18-6-5-17-11/h1-2,7H,3-6,8H2. The fourth-order valence-corrected chi connectivity index (χ4v) is 2.19. The summed E-state index contributed by atoms with van der Waals surface area (Å²) in [5, 5.41) is 0. The quantitative estimate of drug-likeness (QED) is 0.699. The van der Waals surface area contributed by atoms with Crippen LogP contribution in [0.15, 0.2) is 18.2 Å². The molecule has 2 aliphatic heterocycles. The van der Waals surface area contributed by atoms with E-state index in [1.807, 2.05) is 6.07 Å². The van der Waals surface area contributed by atoms with Gasteiger partial charge >= 0.3 is 0 Å². The molecule has 1 aromatic rings. The van der Waals surface area contributed by atoms with E-state index < -0.39 is 0 Å². The number of ketones is 1. The van der Waals surface area contributed by atoms with E-state index in [9.17, 15) is 9.59 Å². The lowest BCUT2D eigenvalue weighted by atomic mass is 10.1. The van der Waals surface area contributed by atoms with Gasteiger partial charge in [-0.05, 0) is 12.1 Å². The van der Waals surface area contributed by atoms with Gasteiger partial charge in [0.1, 0.15) is 19.0 Å². The predicted octanol–water partition coefficient (Wildman–Crippen LogP) is 1.15. The largest absolute Gasteiger partial charge is 0.486 e. The van der Waals surface area contributed by atoms with Crippen LogP contribution in [0.4, 0.5) is 5.69 Å². The van der Waals surface area contributed by atoms with Gasteiger partial charge in [-0.15, -0.1) is 0 Å². The monoisotopic (exact) mass is 247 g/mol. The summed E-state index contributed by atoms with van der Waals surface area (Å²) in [7, 11) is 0. The van der Waals surface area contributed by atoms with Crippen molar-refractivity contribution >= 4 is 17.4 Å². The Bertz CT molecular complexity index is 512. The topological polar surface area (TPSA) is 55.8 Å². The number of hydrogen-bond donors (Lipinski definition) is 0. The second-order valence-electron chi connectivity index (χ2n) is 4.34. The van der Waals surface area contributed by atoms with Crippen LogP contribution in [0, 0.1) is 0 Å². The highest BCUT2D eigenvalue weighted by molar-refractivity contribution is 6.08. The minimum atomic E-state index is -0.150. The van der Waals surface area contributed by atoms with Crippen LogP contribution in [0.5, 0.6) is 11.5 Å². The maximum Gasteiger partial charge on any atom is 0.234 e. The number of hydrogen-bond acceptors (Lipinski definition) is 4. The maximum atomic E-state index is 11.8. The summed E-state index contributed by atoms with van der Waals surface area (Å²) in [6.07, 6.45) is 0.411. The fourth-order valence-electron chi connectivity index (χ4n) is 2.19. The molecule has 0 N–H and O–H groups in total. The van der Waals surface area contributed by atoms with Gasteiger partial charge in [-0.25, -0.2) is 0 Å². The minimum Gasteiger partial charge on any atom is -0.486 e. The Morgan fingerprint density at radius 2 is 1.83 bits per heavy atom. The molecule has 2 heterocycles. The zero-order chi connectivity index (χ0) is 12.5. The molecule has 1 amide bonds. The normalized spacial score (nSPS) is 19.0. The smallest absolute Gasteiger partial charge is 0.234 e. The highest BCUT2D eigenvalue weighted by atomic mass is 16.6. The van der Waals surface area contributed by atoms with Gasteiger partial charge in [0.05, 0.1) is 6.42 Å². The average molecular weight is 247 g/mol. The number of benzene rings is 1. The highest BCUT2D eigenvalue weighted by Crippen LogP contribution is 2.34. The second-order valence-corrected chi connectivity index (χ2v) is 4.34.